The van der Waals surface area contributed by atoms with E-state index in [1.54, 1.807) is 14.2 Å². The van der Waals surface area contributed by atoms with E-state index in [1.807, 2.05) is 6.07 Å². The molecule has 0 spiro atoms. The second-order valence-corrected chi connectivity index (χ2v) is 10.6. The van der Waals surface area contributed by atoms with E-state index in [2.05, 4.69) is 34.6 Å². The summed E-state index contributed by atoms with van der Waals surface area (Å²) in [6.45, 7) is 4.02. The van der Waals surface area contributed by atoms with Gasteiger partial charge in [-0.25, -0.2) is 14.0 Å². The van der Waals surface area contributed by atoms with Gasteiger partial charge in [0, 0.05) is 23.2 Å². The van der Waals surface area contributed by atoms with Gasteiger partial charge in [-0.3, -0.25) is 4.90 Å². The number of carbonyl (C=O) groups excluding carboxylic acids is 1. The lowest BCUT2D eigenvalue weighted by atomic mass is 9.65. The summed E-state index contributed by atoms with van der Waals surface area (Å²) in [6.07, 6.45) is -5.67. The number of rotatable bonds is 7. The molecule has 44 heavy (non-hydrogen) atoms. The number of carboxylic acid groups (broad SMARTS) is 1. The molecule has 1 heterocycles. The van der Waals surface area contributed by atoms with E-state index < -0.39 is 35.7 Å². The van der Waals surface area contributed by atoms with E-state index >= 15 is 0 Å². The highest BCUT2D eigenvalue weighted by atomic mass is 19.4. The number of hydrogen-bond acceptors (Lipinski definition) is 5. The Morgan fingerprint density at radius 3 is 2.25 bits per heavy atom. The quantitative estimate of drug-likeness (QED) is 0.296. The third kappa shape index (κ3) is 8.04. The van der Waals surface area contributed by atoms with Crippen molar-refractivity contribution < 1.29 is 54.9 Å². The first-order valence-electron chi connectivity index (χ1n) is 13.8. The summed E-state index contributed by atoms with van der Waals surface area (Å²) in [7, 11) is 3.22. The van der Waals surface area contributed by atoms with Gasteiger partial charge in [-0.15, -0.1) is 0 Å². The minimum atomic E-state index is -5.08. The van der Waals surface area contributed by atoms with E-state index in [4.69, 9.17) is 19.4 Å². The van der Waals surface area contributed by atoms with Crippen molar-refractivity contribution in [2.24, 2.45) is 0 Å². The predicted molar refractivity (Wildman–Crippen MR) is 146 cm³/mol. The minimum Gasteiger partial charge on any atom is -0.493 e. The Kier molecular flexibility index (Phi) is 11.0. The van der Waals surface area contributed by atoms with Gasteiger partial charge in [0.15, 0.2) is 11.5 Å². The number of methoxy groups -OCH3 is 2. The molecule has 3 atom stereocenters. The molecule has 2 amide bonds. The molecule has 1 saturated carbocycles. The Labute approximate surface area is 249 Å². The van der Waals surface area contributed by atoms with Gasteiger partial charge < -0.3 is 25.2 Å². The summed E-state index contributed by atoms with van der Waals surface area (Å²) in [5.41, 5.74) is -0.441. The number of aliphatic carboxylic acids is 1. The molecular formula is C29H34F7N3O5. The number of carbonyl (C=O) groups is 2. The highest BCUT2D eigenvalue weighted by Gasteiger charge is 2.51. The molecule has 0 radical (unpaired) electrons. The number of nitrogens with one attached hydrogen (secondary N) is 2. The van der Waals surface area contributed by atoms with Crippen LogP contribution in [0.2, 0.25) is 0 Å². The van der Waals surface area contributed by atoms with E-state index in [0.29, 0.717) is 30.1 Å². The van der Waals surface area contributed by atoms with Gasteiger partial charge in [0.1, 0.15) is 5.82 Å². The molecule has 3 unspecified atom stereocenters. The predicted octanol–water partition coefficient (Wildman–Crippen LogP) is 6.59. The normalized spacial score (nSPS) is 21.9. The van der Waals surface area contributed by atoms with Crippen LogP contribution < -0.4 is 20.1 Å². The molecule has 4 rings (SSSR count). The Bertz CT molecular complexity index is 1320. The molecule has 3 N–H and O–H groups in total. The maximum atomic E-state index is 13.6. The fourth-order valence-corrected chi connectivity index (χ4v) is 5.99. The van der Waals surface area contributed by atoms with Crippen molar-refractivity contribution in [1.29, 1.82) is 0 Å². The van der Waals surface area contributed by atoms with Gasteiger partial charge in [-0.05, 0) is 81.1 Å². The lowest BCUT2D eigenvalue weighted by Gasteiger charge is -2.45. The molecule has 1 aliphatic carbocycles. The van der Waals surface area contributed by atoms with Crippen molar-refractivity contribution >= 4 is 17.7 Å². The molecule has 244 valence electrons. The van der Waals surface area contributed by atoms with Crippen LogP contribution in [-0.2, 0) is 16.4 Å². The molecule has 15 heteroatoms. The number of likely N-dealkylation sites (tertiary alicyclic amines) is 1. The highest BCUT2D eigenvalue weighted by Crippen LogP contribution is 2.50. The number of alkyl halides is 6. The number of nitrogens with zero attached hydrogens (tertiary/aromatic N) is 1. The van der Waals surface area contributed by atoms with Crippen LogP contribution in [0.4, 0.5) is 41.2 Å². The standard InChI is InChI=1S/C27H33F4N3O3.C2HF3O2/c1-4-12-34-13-11-26(17-5-8-22(36-2)23(14-17)37-3)10-9-19(16-24(26)34)33-25(35)32-18-6-7-21(28)20(15-18)27(29,30)31;3-2(4,5)1(6)7/h5-8,14-15,19,24H,4,9-13,16H2,1-3H3,(H2,32,33,35);(H,6,7). The lowest BCUT2D eigenvalue weighted by Crippen LogP contribution is -2.53. The first-order chi connectivity index (χ1) is 20.5. The Morgan fingerprint density at radius 1 is 1.02 bits per heavy atom. The average molecular weight is 638 g/mol. The summed E-state index contributed by atoms with van der Waals surface area (Å²) in [4.78, 5) is 24.1. The van der Waals surface area contributed by atoms with Crippen molar-refractivity contribution in [3.63, 3.8) is 0 Å². The second kappa shape index (κ2) is 13.9. The zero-order chi connectivity index (χ0) is 32.9. The fraction of sp³-hybridized carbons (Fsp3) is 0.517. The van der Waals surface area contributed by atoms with Gasteiger partial charge in [0.25, 0.3) is 0 Å². The van der Waals surface area contributed by atoms with E-state index in [0.717, 1.165) is 44.8 Å². The van der Waals surface area contributed by atoms with Gasteiger partial charge in [0.2, 0.25) is 0 Å². The third-order valence-corrected chi connectivity index (χ3v) is 7.95. The van der Waals surface area contributed by atoms with Crippen molar-refractivity contribution in [3.05, 3.63) is 53.3 Å². The topological polar surface area (TPSA) is 100 Å². The third-order valence-electron chi connectivity index (χ3n) is 7.95. The summed E-state index contributed by atoms with van der Waals surface area (Å²) < 4.78 is 95.4. The fourth-order valence-electron chi connectivity index (χ4n) is 5.99. The molecule has 1 saturated heterocycles. The van der Waals surface area contributed by atoms with Crippen LogP contribution in [0.15, 0.2) is 36.4 Å². The SMILES string of the molecule is CCCN1CCC2(c3ccc(OC)c(OC)c3)CCC(NC(=O)Nc3ccc(F)c(C(F)(F)F)c3)CC12.O=C(O)C(F)(F)F. The number of amides is 2. The molecule has 2 fully saturated rings. The maximum absolute atomic E-state index is 13.6. The van der Waals surface area contributed by atoms with Crippen LogP contribution in [0.25, 0.3) is 0 Å². The van der Waals surface area contributed by atoms with Crippen LogP contribution in [0, 0.1) is 5.82 Å². The van der Waals surface area contributed by atoms with Gasteiger partial charge in [-0.1, -0.05) is 13.0 Å². The van der Waals surface area contributed by atoms with Crippen molar-refractivity contribution in [1.82, 2.24) is 10.2 Å². The lowest BCUT2D eigenvalue weighted by molar-refractivity contribution is -0.192. The van der Waals surface area contributed by atoms with E-state index in [9.17, 15) is 35.5 Å². The number of halogens is 7. The average Bonchev–Trinajstić information content (AvgIpc) is 3.31. The molecule has 8 nitrogen and oxygen atoms in total. The number of urea groups is 1. The van der Waals surface area contributed by atoms with Crippen LogP contribution >= 0.6 is 0 Å². The molecule has 0 bridgehead atoms. The van der Waals surface area contributed by atoms with E-state index in [1.165, 1.54) is 5.56 Å². The number of fused-ring (bicyclic) bond motifs is 1. The molecule has 0 aromatic heterocycles. The molecule has 2 aliphatic rings. The first-order valence-corrected chi connectivity index (χ1v) is 13.8. The summed E-state index contributed by atoms with van der Waals surface area (Å²) in [5.74, 6) is -2.79. The number of hydrogen-bond donors (Lipinski definition) is 3. The molecule has 2 aromatic carbocycles. The van der Waals surface area contributed by atoms with Crippen LogP contribution in [0.3, 0.4) is 0 Å². The zero-order valence-electron chi connectivity index (χ0n) is 24.2. The Hall–Kier alpha value is -3.75. The number of ether oxygens (including phenoxy) is 2. The van der Waals surface area contributed by atoms with Crippen molar-refractivity contribution in [3.8, 4) is 11.5 Å². The Balaban J connectivity index is 0.000000676. The van der Waals surface area contributed by atoms with Crippen LogP contribution in [0.1, 0.15) is 50.2 Å². The van der Waals surface area contributed by atoms with Gasteiger partial charge >= 0.3 is 24.4 Å². The van der Waals surface area contributed by atoms with Crippen LogP contribution in [0.5, 0.6) is 11.5 Å². The molecular weight excluding hydrogens is 603 g/mol. The second-order valence-electron chi connectivity index (χ2n) is 10.6. The monoisotopic (exact) mass is 637 g/mol. The summed E-state index contributed by atoms with van der Waals surface area (Å²) in [5, 5.41) is 12.5. The highest BCUT2D eigenvalue weighted by molar-refractivity contribution is 5.89. The molecule has 1 aliphatic heterocycles. The maximum Gasteiger partial charge on any atom is 0.490 e. The number of anilines is 1. The first kappa shape index (κ1) is 34.7. The summed E-state index contributed by atoms with van der Waals surface area (Å²) in [6, 6.07) is 7.93. The largest absolute Gasteiger partial charge is 0.493 e. The van der Waals surface area contributed by atoms with Crippen molar-refractivity contribution in [2.75, 3.05) is 32.6 Å². The van der Waals surface area contributed by atoms with Gasteiger partial charge in [0.05, 0.1) is 19.8 Å². The number of carboxylic acids is 1. The molecule has 2 aromatic rings. The van der Waals surface area contributed by atoms with Crippen molar-refractivity contribution in [2.45, 2.75) is 68.9 Å². The Morgan fingerprint density at radius 2 is 1.68 bits per heavy atom. The van der Waals surface area contributed by atoms with Gasteiger partial charge in [-0.2, -0.15) is 26.3 Å². The summed E-state index contributed by atoms with van der Waals surface area (Å²) >= 11 is 0. The van der Waals surface area contributed by atoms with Crippen LogP contribution in [-0.4, -0.2) is 67.6 Å². The minimum absolute atomic E-state index is 0.0953. The smallest absolute Gasteiger partial charge is 0.490 e. The number of benzene rings is 2. The van der Waals surface area contributed by atoms with E-state index in [-0.39, 0.29) is 23.2 Å². The zero-order valence-corrected chi connectivity index (χ0v) is 24.2.